The molecule has 0 aliphatic carbocycles. The van der Waals surface area contributed by atoms with E-state index in [9.17, 15) is 0 Å². The van der Waals surface area contributed by atoms with Crippen LogP contribution >= 0.6 is 11.3 Å². The SMILES string of the molecule is CN(Cc1ccsc1)CC1CC2CCC1N2. The van der Waals surface area contributed by atoms with E-state index in [1.165, 1.54) is 31.4 Å². The van der Waals surface area contributed by atoms with Gasteiger partial charge in [0.25, 0.3) is 0 Å². The second-order valence-corrected chi connectivity index (χ2v) is 6.15. The molecule has 3 heteroatoms. The van der Waals surface area contributed by atoms with Gasteiger partial charge in [0, 0.05) is 25.2 Å². The minimum absolute atomic E-state index is 0.815. The molecule has 2 aliphatic heterocycles. The molecule has 3 rings (SSSR count). The first-order valence-corrected chi connectivity index (χ1v) is 7.21. The van der Waals surface area contributed by atoms with Crippen LogP contribution in [0.4, 0.5) is 0 Å². The van der Waals surface area contributed by atoms with Gasteiger partial charge in [0.15, 0.2) is 0 Å². The van der Waals surface area contributed by atoms with Crippen molar-refractivity contribution in [2.45, 2.75) is 37.9 Å². The molecule has 0 saturated carbocycles. The topological polar surface area (TPSA) is 15.3 Å². The predicted molar refractivity (Wildman–Crippen MR) is 68.7 cm³/mol. The van der Waals surface area contributed by atoms with Gasteiger partial charge in [-0.25, -0.2) is 0 Å². The van der Waals surface area contributed by atoms with Gasteiger partial charge in [-0.2, -0.15) is 11.3 Å². The zero-order chi connectivity index (χ0) is 11.0. The van der Waals surface area contributed by atoms with Crippen LogP contribution in [0.1, 0.15) is 24.8 Å². The number of thiophene rings is 1. The number of hydrogen-bond acceptors (Lipinski definition) is 3. The Kier molecular flexibility index (Phi) is 3.01. The molecule has 2 aliphatic rings. The average Bonchev–Trinajstić information content (AvgIpc) is 2.92. The summed E-state index contributed by atoms with van der Waals surface area (Å²) in [5.74, 6) is 0.891. The van der Waals surface area contributed by atoms with Crippen molar-refractivity contribution in [2.75, 3.05) is 13.6 Å². The molecule has 3 unspecified atom stereocenters. The van der Waals surface area contributed by atoms with Gasteiger partial charge in [-0.15, -0.1) is 0 Å². The Morgan fingerprint density at radius 3 is 3.06 bits per heavy atom. The lowest BCUT2D eigenvalue weighted by Crippen LogP contribution is -2.32. The molecule has 2 fully saturated rings. The van der Waals surface area contributed by atoms with Crippen LogP contribution in [0, 0.1) is 5.92 Å². The third kappa shape index (κ3) is 2.17. The number of rotatable bonds is 4. The molecule has 3 atom stereocenters. The minimum atomic E-state index is 0.815. The summed E-state index contributed by atoms with van der Waals surface area (Å²) in [6.45, 7) is 2.36. The Bertz CT molecular complexity index is 336. The van der Waals surface area contributed by atoms with Crippen molar-refractivity contribution in [2.24, 2.45) is 5.92 Å². The van der Waals surface area contributed by atoms with E-state index in [0.717, 1.165) is 24.5 Å². The summed E-state index contributed by atoms with van der Waals surface area (Å²) in [7, 11) is 2.25. The highest BCUT2D eigenvalue weighted by Crippen LogP contribution is 2.33. The molecular weight excluding hydrogens is 216 g/mol. The van der Waals surface area contributed by atoms with Crippen LogP contribution in [0.2, 0.25) is 0 Å². The Labute approximate surface area is 102 Å². The van der Waals surface area contributed by atoms with E-state index < -0.39 is 0 Å². The smallest absolute Gasteiger partial charge is 0.0239 e. The van der Waals surface area contributed by atoms with Crippen LogP contribution in [0.5, 0.6) is 0 Å². The normalized spacial score (nSPS) is 32.8. The summed E-state index contributed by atoms with van der Waals surface area (Å²) in [5.41, 5.74) is 1.46. The maximum Gasteiger partial charge on any atom is 0.0239 e. The molecule has 1 N–H and O–H groups in total. The van der Waals surface area contributed by atoms with E-state index >= 15 is 0 Å². The van der Waals surface area contributed by atoms with E-state index in [1.807, 2.05) is 0 Å². The molecule has 0 spiro atoms. The van der Waals surface area contributed by atoms with Crippen molar-refractivity contribution < 1.29 is 0 Å². The second kappa shape index (κ2) is 4.47. The molecule has 2 bridgehead atoms. The summed E-state index contributed by atoms with van der Waals surface area (Å²) in [4.78, 5) is 2.48. The van der Waals surface area contributed by atoms with Crippen LogP contribution in [-0.4, -0.2) is 30.6 Å². The lowest BCUT2D eigenvalue weighted by molar-refractivity contribution is 0.243. The third-order valence-electron chi connectivity index (χ3n) is 4.01. The van der Waals surface area contributed by atoms with Gasteiger partial charge in [-0.1, -0.05) is 0 Å². The Hall–Kier alpha value is -0.380. The molecule has 1 aromatic heterocycles. The van der Waals surface area contributed by atoms with Gasteiger partial charge in [0.1, 0.15) is 0 Å². The zero-order valence-electron chi connectivity index (χ0n) is 9.86. The van der Waals surface area contributed by atoms with Gasteiger partial charge in [0.2, 0.25) is 0 Å². The largest absolute Gasteiger partial charge is 0.311 e. The van der Waals surface area contributed by atoms with Gasteiger partial charge in [0.05, 0.1) is 0 Å². The van der Waals surface area contributed by atoms with Crippen molar-refractivity contribution in [1.82, 2.24) is 10.2 Å². The van der Waals surface area contributed by atoms with Crippen molar-refractivity contribution >= 4 is 11.3 Å². The molecule has 0 aromatic carbocycles. The molecule has 3 heterocycles. The van der Waals surface area contributed by atoms with Crippen molar-refractivity contribution in [3.05, 3.63) is 22.4 Å². The first-order chi connectivity index (χ1) is 7.81. The van der Waals surface area contributed by atoms with E-state index in [2.05, 4.69) is 34.1 Å². The summed E-state index contributed by atoms with van der Waals surface area (Å²) in [6, 6.07) is 3.89. The van der Waals surface area contributed by atoms with Crippen molar-refractivity contribution in [3.63, 3.8) is 0 Å². The number of hydrogen-bond donors (Lipinski definition) is 1. The van der Waals surface area contributed by atoms with Crippen LogP contribution in [0.25, 0.3) is 0 Å². The summed E-state index contributed by atoms with van der Waals surface area (Å²) < 4.78 is 0. The second-order valence-electron chi connectivity index (χ2n) is 5.37. The minimum Gasteiger partial charge on any atom is -0.311 e. The summed E-state index contributed by atoms with van der Waals surface area (Å²) in [6.07, 6.45) is 4.22. The first-order valence-electron chi connectivity index (χ1n) is 6.27. The Balaban J connectivity index is 1.51. The fourth-order valence-electron chi connectivity index (χ4n) is 3.30. The van der Waals surface area contributed by atoms with Gasteiger partial charge < -0.3 is 10.2 Å². The Morgan fingerprint density at radius 1 is 1.50 bits per heavy atom. The summed E-state index contributed by atoms with van der Waals surface area (Å²) >= 11 is 1.80. The van der Waals surface area contributed by atoms with Crippen molar-refractivity contribution in [1.29, 1.82) is 0 Å². The fourth-order valence-corrected chi connectivity index (χ4v) is 3.96. The van der Waals surface area contributed by atoms with Gasteiger partial charge in [-0.05, 0) is 54.6 Å². The molecule has 0 amide bonds. The van der Waals surface area contributed by atoms with E-state index in [0.29, 0.717) is 0 Å². The molecule has 2 nitrogen and oxygen atoms in total. The third-order valence-corrected chi connectivity index (χ3v) is 4.74. The molecule has 88 valence electrons. The van der Waals surface area contributed by atoms with Gasteiger partial charge >= 0.3 is 0 Å². The maximum absolute atomic E-state index is 3.72. The van der Waals surface area contributed by atoms with Crippen LogP contribution in [-0.2, 0) is 6.54 Å². The van der Waals surface area contributed by atoms with Crippen LogP contribution in [0.15, 0.2) is 16.8 Å². The monoisotopic (exact) mass is 236 g/mol. The van der Waals surface area contributed by atoms with E-state index in [-0.39, 0.29) is 0 Å². The number of nitrogens with one attached hydrogen (secondary N) is 1. The average molecular weight is 236 g/mol. The van der Waals surface area contributed by atoms with Crippen molar-refractivity contribution in [3.8, 4) is 0 Å². The van der Waals surface area contributed by atoms with Crippen LogP contribution < -0.4 is 5.32 Å². The number of fused-ring (bicyclic) bond motifs is 2. The standard InChI is InChI=1S/C13H20N2S/c1-15(7-10-4-5-16-9-10)8-11-6-12-2-3-13(11)14-12/h4-5,9,11-14H,2-3,6-8H2,1H3. The lowest BCUT2D eigenvalue weighted by Gasteiger charge is -2.25. The predicted octanol–water partition coefficient (Wildman–Crippen LogP) is 2.32. The highest BCUT2D eigenvalue weighted by molar-refractivity contribution is 7.07. The first kappa shape index (κ1) is 10.8. The lowest BCUT2D eigenvalue weighted by atomic mass is 9.89. The molecule has 16 heavy (non-hydrogen) atoms. The molecule has 2 saturated heterocycles. The van der Waals surface area contributed by atoms with E-state index in [4.69, 9.17) is 0 Å². The van der Waals surface area contributed by atoms with E-state index in [1.54, 1.807) is 11.3 Å². The highest BCUT2D eigenvalue weighted by atomic mass is 32.1. The molecule has 0 radical (unpaired) electrons. The highest BCUT2D eigenvalue weighted by Gasteiger charge is 2.38. The molecule has 1 aromatic rings. The maximum atomic E-state index is 3.72. The quantitative estimate of drug-likeness (QED) is 0.863. The fraction of sp³-hybridized carbons (Fsp3) is 0.692. The van der Waals surface area contributed by atoms with Gasteiger partial charge in [-0.3, -0.25) is 0 Å². The van der Waals surface area contributed by atoms with Crippen LogP contribution in [0.3, 0.4) is 0 Å². The molecular formula is C13H20N2S. The zero-order valence-corrected chi connectivity index (χ0v) is 10.7. The number of nitrogens with zero attached hydrogens (tertiary/aromatic N) is 1. The Morgan fingerprint density at radius 2 is 2.44 bits per heavy atom. The summed E-state index contributed by atoms with van der Waals surface area (Å²) in [5, 5.41) is 8.15.